The summed E-state index contributed by atoms with van der Waals surface area (Å²) < 4.78 is 5.00. The number of piperazine rings is 1. The van der Waals surface area contributed by atoms with Crippen molar-refractivity contribution in [1.82, 2.24) is 20.1 Å². The Morgan fingerprint density at radius 1 is 1.15 bits per heavy atom. The Balaban J connectivity index is 1.50. The van der Waals surface area contributed by atoms with Crippen molar-refractivity contribution in [2.24, 2.45) is 0 Å². The molecule has 1 fully saturated rings. The molecular weight excluding hydrogens is 332 g/mol. The molecule has 1 aliphatic heterocycles. The number of pyridine rings is 1. The highest BCUT2D eigenvalue weighted by Crippen LogP contribution is 2.14. The lowest BCUT2D eigenvalue weighted by Gasteiger charge is -2.35. The molecule has 0 unspecified atom stereocenters. The number of nitrogens with zero attached hydrogens (tertiary/aromatic N) is 5. The largest absolute Gasteiger partial charge is 0.385 e. The first-order chi connectivity index (χ1) is 12.8. The van der Waals surface area contributed by atoms with Crippen LogP contribution in [0.15, 0.2) is 36.5 Å². The molecule has 3 heterocycles. The maximum absolute atomic E-state index is 12.6. The predicted octanol–water partition coefficient (Wildman–Crippen LogP) is 1.28. The van der Waals surface area contributed by atoms with E-state index in [-0.39, 0.29) is 5.91 Å². The molecule has 1 amide bonds. The first kappa shape index (κ1) is 18.1. The van der Waals surface area contributed by atoms with Crippen molar-refractivity contribution in [1.29, 1.82) is 0 Å². The SMILES string of the molecule is COCCCNc1ccc(C(=O)N2CCN(c3ccccn3)CC2)nn1. The fraction of sp³-hybridized carbons (Fsp3) is 0.444. The molecular formula is C18H24N6O2. The highest BCUT2D eigenvalue weighted by Gasteiger charge is 2.23. The first-order valence-corrected chi connectivity index (χ1v) is 8.80. The molecule has 0 spiro atoms. The summed E-state index contributed by atoms with van der Waals surface area (Å²) in [5, 5.41) is 11.3. The number of hydrogen-bond acceptors (Lipinski definition) is 7. The topological polar surface area (TPSA) is 83.5 Å². The molecule has 0 atom stereocenters. The summed E-state index contributed by atoms with van der Waals surface area (Å²) in [6, 6.07) is 9.37. The Kier molecular flexibility index (Phi) is 6.32. The Hall–Kier alpha value is -2.74. The lowest BCUT2D eigenvalue weighted by atomic mass is 10.2. The fourth-order valence-electron chi connectivity index (χ4n) is 2.82. The van der Waals surface area contributed by atoms with E-state index in [9.17, 15) is 4.79 Å². The van der Waals surface area contributed by atoms with Gasteiger partial charge in [-0.05, 0) is 30.7 Å². The number of anilines is 2. The lowest BCUT2D eigenvalue weighted by Crippen LogP contribution is -2.49. The minimum absolute atomic E-state index is 0.0795. The number of ether oxygens (including phenoxy) is 1. The molecule has 0 aromatic carbocycles. The van der Waals surface area contributed by atoms with Gasteiger partial charge in [-0.1, -0.05) is 6.07 Å². The van der Waals surface area contributed by atoms with Crippen LogP contribution in [0.2, 0.25) is 0 Å². The molecule has 8 heteroatoms. The summed E-state index contributed by atoms with van der Waals surface area (Å²) in [7, 11) is 1.68. The molecule has 0 bridgehead atoms. The van der Waals surface area contributed by atoms with E-state index < -0.39 is 0 Å². The van der Waals surface area contributed by atoms with E-state index in [0.29, 0.717) is 31.2 Å². The molecule has 1 aliphatic rings. The summed E-state index contributed by atoms with van der Waals surface area (Å²) in [5.41, 5.74) is 0.374. The average Bonchev–Trinajstić information content (AvgIpc) is 2.72. The van der Waals surface area contributed by atoms with Crippen LogP contribution >= 0.6 is 0 Å². The average molecular weight is 356 g/mol. The summed E-state index contributed by atoms with van der Waals surface area (Å²) >= 11 is 0. The van der Waals surface area contributed by atoms with Crippen LogP contribution in [0.3, 0.4) is 0 Å². The number of nitrogens with one attached hydrogen (secondary N) is 1. The normalized spacial score (nSPS) is 14.3. The zero-order valence-electron chi connectivity index (χ0n) is 15.0. The lowest BCUT2D eigenvalue weighted by molar-refractivity contribution is 0.0739. The number of carbonyl (C=O) groups excluding carboxylic acids is 1. The van der Waals surface area contributed by atoms with Crippen LogP contribution < -0.4 is 10.2 Å². The predicted molar refractivity (Wildman–Crippen MR) is 99.4 cm³/mol. The van der Waals surface area contributed by atoms with Gasteiger partial charge in [0.2, 0.25) is 0 Å². The molecule has 2 aromatic rings. The van der Waals surface area contributed by atoms with Crippen LogP contribution in [0.1, 0.15) is 16.9 Å². The Labute approximate surface area is 153 Å². The van der Waals surface area contributed by atoms with Gasteiger partial charge in [0.25, 0.3) is 5.91 Å². The van der Waals surface area contributed by atoms with E-state index in [4.69, 9.17) is 4.74 Å². The number of amides is 1. The third-order valence-corrected chi connectivity index (χ3v) is 4.26. The van der Waals surface area contributed by atoms with Gasteiger partial charge in [0, 0.05) is 52.6 Å². The molecule has 2 aromatic heterocycles. The van der Waals surface area contributed by atoms with Gasteiger partial charge in [-0.25, -0.2) is 4.98 Å². The number of aromatic nitrogens is 3. The van der Waals surface area contributed by atoms with Crippen molar-refractivity contribution in [2.75, 3.05) is 56.7 Å². The van der Waals surface area contributed by atoms with Crippen LogP contribution in [0.4, 0.5) is 11.6 Å². The summed E-state index contributed by atoms with van der Waals surface area (Å²) in [5.74, 6) is 1.53. The smallest absolute Gasteiger partial charge is 0.274 e. The fourth-order valence-corrected chi connectivity index (χ4v) is 2.82. The van der Waals surface area contributed by atoms with Crippen molar-refractivity contribution in [3.63, 3.8) is 0 Å². The molecule has 26 heavy (non-hydrogen) atoms. The Morgan fingerprint density at radius 3 is 2.65 bits per heavy atom. The molecule has 0 radical (unpaired) electrons. The zero-order valence-corrected chi connectivity index (χ0v) is 15.0. The van der Waals surface area contributed by atoms with Gasteiger partial charge in [0.05, 0.1) is 0 Å². The molecule has 3 rings (SSSR count). The van der Waals surface area contributed by atoms with E-state index in [0.717, 1.165) is 31.9 Å². The molecule has 0 saturated carbocycles. The van der Waals surface area contributed by atoms with Gasteiger partial charge in [-0.15, -0.1) is 10.2 Å². The van der Waals surface area contributed by atoms with E-state index in [1.54, 1.807) is 25.4 Å². The second-order valence-corrected chi connectivity index (χ2v) is 6.04. The molecule has 8 nitrogen and oxygen atoms in total. The minimum atomic E-state index is -0.0795. The zero-order chi connectivity index (χ0) is 18.2. The summed E-state index contributed by atoms with van der Waals surface area (Å²) in [6.07, 6.45) is 2.67. The van der Waals surface area contributed by atoms with E-state index in [1.807, 2.05) is 23.1 Å². The van der Waals surface area contributed by atoms with Crippen molar-refractivity contribution < 1.29 is 9.53 Å². The monoisotopic (exact) mass is 356 g/mol. The van der Waals surface area contributed by atoms with Crippen molar-refractivity contribution >= 4 is 17.5 Å². The number of hydrogen-bond donors (Lipinski definition) is 1. The third-order valence-electron chi connectivity index (χ3n) is 4.26. The van der Waals surface area contributed by atoms with E-state index in [1.165, 1.54) is 0 Å². The minimum Gasteiger partial charge on any atom is -0.385 e. The van der Waals surface area contributed by atoms with E-state index in [2.05, 4.69) is 25.4 Å². The van der Waals surface area contributed by atoms with Crippen molar-refractivity contribution in [3.8, 4) is 0 Å². The van der Waals surface area contributed by atoms with Gasteiger partial charge in [0.15, 0.2) is 5.69 Å². The van der Waals surface area contributed by atoms with Crippen LogP contribution in [-0.4, -0.2) is 72.4 Å². The molecule has 138 valence electrons. The summed E-state index contributed by atoms with van der Waals surface area (Å²) in [4.78, 5) is 21.0. The maximum Gasteiger partial charge on any atom is 0.274 e. The van der Waals surface area contributed by atoms with Crippen LogP contribution in [0, 0.1) is 0 Å². The summed E-state index contributed by atoms with van der Waals surface area (Å²) in [6.45, 7) is 4.26. The van der Waals surface area contributed by atoms with Gasteiger partial charge in [-0.2, -0.15) is 0 Å². The van der Waals surface area contributed by atoms with Gasteiger partial charge < -0.3 is 19.9 Å². The number of rotatable bonds is 7. The van der Waals surface area contributed by atoms with Crippen LogP contribution in [-0.2, 0) is 4.74 Å². The van der Waals surface area contributed by atoms with Crippen molar-refractivity contribution in [3.05, 3.63) is 42.2 Å². The maximum atomic E-state index is 12.6. The third kappa shape index (κ3) is 4.66. The second kappa shape index (κ2) is 9.10. The van der Waals surface area contributed by atoms with Gasteiger partial charge >= 0.3 is 0 Å². The quantitative estimate of drug-likeness (QED) is 0.748. The van der Waals surface area contributed by atoms with Gasteiger partial charge in [0.1, 0.15) is 11.6 Å². The van der Waals surface area contributed by atoms with Crippen LogP contribution in [0.25, 0.3) is 0 Å². The van der Waals surface area contributed by atoms with Crippen LogP contribution in [0.5, 0.6) is 0 Å². The van der Waals surface area contributed by atoms with E-state index >= 15 is 0 Å². The highest BCUT2D eigenvalue weighted by atomic mass is 16.5. The van der Waals surface area contributed by atoms with Crippen molar-refractivity contribution in [2.45, 2.75) is 6.42 Å². The molecule has 0 aliphatic carbocycles. The van der Waals surface area contributed by atoms with Gasteiger partial charge in [-0.3, -0.25) is 4.79 Å². The highest BCUT2D eigenvalue weighted by molar-refractivity contribution is 5.92. The second-order valence-electron chi connectivity index (χ2n) is 6.04. The standard InChI is InChI=1S/C18H24N6O2/c1-26-14-4-9-19-16-7-6-15(21-22-16)18(25)24-12-10-23(11-13-24)17-5-2-3-8-20-17/h2-3,5-8H,4,9-14H2,1H3,(H,19,22). The molecule has 1 saturated heterocycles. The Bertz CT molecular complexity index is 687. The first-order valence-electron chi connectivity index (χ1n) is 8.80. The number of carbonyl (C=O) groups is 1. The number of methoxy groups -OCH3 is 1. The molecule has 1 N–H and O–H groups in total. The Morgan fingerprint density at radius 2 is 2.00 bits per heavy atom.